The van der Waals surface area contributed by atoms with Crippen LogP contribution in [0.3, 0.4) is 0 Å². The lowest BCUT2D eigenvalue weighted by Gasteiger charge is -2.17. The molecule has 2 fully saturated rings. The Bertz CT molecular complexity index is 694. The van der Waals surface area contributed by atoms with Gasteiger partial charge in [0.2, 0.25) is 5.95 Å². The normalized spacial score (nSPS) is 22.7. The lowest BCUT2D eigenvalue weighted by molar-refractivity contribution is 0.177. The van der Waals surface area contributed by atoms with Crippen LogP contribution in [0.4, 0.5) is 5.95 Å². The van der Waals surface area contributed by atoms with E-state index in [0.29, 0.717) is 27.6 Å². The van der Waals surface area contributed by atoms with Crippen molar-refractivity contribution >= 4 is 29.2 Å². The summed E-state index contributed by atoms with van der Waals surface area (Å²) in [5.41, 5.74) is 0.761. The molecule has 0 bridgehead atoms. The minimum atomic E-state index is 0.284. The Morgan fingerprint density at radius 1 is 1.08 bits per heavy atom. The number of fused-ring (bicyclic) bond motifs is 1. The summed E-state index contributed by atoms with van der Waals surface area (Å²) in [5.74, 6) is 2.55. The highest BCUT2D eigenvalue weighted by Crippen LogP contribution is 2.31. The number of hydrogen-bond acceptors (Lipinski definition) is 5. The molecule has 2 aromatic rings. The second-order valence-electron chi connectivity index (χ2n) is 6.17. The van der Waals surface area contributed by atoms with E-state index in [-0.39, 0.29) is 6.61 Å². The molecule has 0 N–H and O–H groups in total. The van der Waals surface area contributed by atoms with E-state index >= 15 is 0 Å². The average molecular weight is 366 g/mol. The van der Waals surface area contributed by atoms with Gasteiger partial charge in [0.1, 0.15) is 6.61 Å². The molecular formula is C17H17Cl2N3O2. The molecule has 0 unspecified atom stereocenters. The lowest BCUT2D eigenvalue weighted by Crippen LogP contribution is -2.24. The quantitative estimate of drug-likeness (QED) is 0.830. The van der Waals surface area contributed by atoms with Crippen molar-refractivity contribution < 1.29 is 9.47 Å². The molecule has 5 nitrogen and oxygen atoms in total. The van der Waals surface area contributed by atoms with Crippen molar-refractivity contribution in [3.63, 3.8) is 0 Å². The average Bonchev–Trinajstić information content (AvgIpc) is 3.17. The maximum atomic E-state index is 6.14. The molecular weight excluding hydrogens is 349 g/mol. The van der Waals surface area contributed by atoms with Crippen molar-refractivity contribution in [1.82, 2.24) is 9.97 Å². The number of ether oxygens (including phenoxy) is 2. The minimum absolute atomic E-state index is 0.284. The molecule has 126 valence electrons. The Hall–Kier alpha value is -1.56. The zero-order valence-electron chi connectivity index (χ0n) is 13.0. The first kappa shape index (κ1) is 15.9. The highest BCUT2D eigenvalue weighted by molar-refractivity contribution is 6.35. The highest BCUT2D eigenvalue weighted by Gasteiger charge is 2.38. The maximum absolute atomic E-state index is 6.14. The summed E-state index contributed by atoms with van der Waals surface area (Å²) in [5, 5.41) is 1.18. The molecule has 4 rings (SSSR count). The summed E-state index contributed by atoms with van der Waals surface area (Å²) in [6.07, 6.45) is 3.38. The number of hydrogen-bond donors (Lipinski definition) is 0. The zero-order chi connectivity index (χ0) is 16.5. The van der Waals surface area contributed by atoms with E-state index in [4.69, 9.17) is 32.7 Å². The molecule has 2 saturated heterocycles. The summed E-state index contributed by atoms with van der Waals surface area (Å²) in [6.45, 7) is 3.90. The van der Waals surface area contributed by atoms with Crippen LogP contribution in [0.15, 0.2) is 30.6 Å². The third-order valence-electron chi connectivity index (χ3n) is 4.58. The van der Waals surface area contributed by atoms with Crippen molar-refractivity contribution in [2.45, 2.75) is 6.61 Å². The minimum Gasteiger partial charge on any atom is -0.486 e. The Morgan fingerprint density at radius 2 is 1.71 bits per heavy atom. The first-order chi connectivity index (χ1) is 11.7. The summed E-state index contributed by atoms with van der Waals surface area (Å²) in [7, 11) is 0. The van der Waals surface area contributed by atoms with Gasteiger partial charge in [-0.15, -0.1) is 0 Å². The highest BCUT2D eigenvalue weighted by atomic mass is 35.5. The SMILES string of the molecule is Clc1cccc(Cl)c1COc1cnc(N2C[C@H]3COC[C@H]3C2)nc1. The Morgan fingerprint density at radius 3 is 2.33 bits per heavy atom. The van der Waals surface area contributed by atoms with E-state index < -0.39 is 0 Å². The van der Waals surface area contributed by atoms with E-state index in [9.17, 15) is 0 Å². The third-order valence-corrected chi connectivity index (χ3v) is 5.29. The lowest BCUT2D eigenvalue weighted by atomic mass is 10.0. The predicted molar refractivity (Wildman–Crippen MR) is 92.8 cm³/mol. The Labute approximate surface area is 150 Å². The van der Waals surface area contributed by atoms with Gasteiger partial charge in [-0.2, -0.15) is 0 Å². The number of nitrogens with zero attached hydrogens (tertiary/aromatic N) is 3. The van der Waals surface area contributed by atoms with Gasteiger partial charge >= 0.3 is 0 Å². The molecule has 1 aromatic heterocycles. The molecule has 0 aliphatic carbocycles. The number of anilines is 1. The molecule has 1 aromatic carbocycles. The molecule has 24 heavy (non-hydrogen) atoms. The molecule has 2 aliphatic heterocycles. The first-order valence-electron chi connectivity index (χ1n) is 7.91. The van der Waals surface area contributed by atoms with Crippen LogP contribution in [-0.4, -0.2) is 36.3 Å². The van der Waals surface area contributed by atoms with Crippen molar-refractivity contribution in [3.05, 3.63) is 46.2 Å². The van der Waals surface area contributed by atoms with Crippen LogP contribution < -0.4 is 9.64 Å². The van der Waals surface area contributed by atoms with Gasteiger partial charge < -0.3 is 14.4 Å². The summed E-state index contributed by atoms with van der Waals surface area (Å²) >= 11 is 12.3. The van der Waals surface area contributed by atoms with E-state index in [1.807, 2.05) is 6.07 Å². The summed E-state index contributed by atoms with van der Waals surface area (Å²) in [6, 6.07) is 5.39. The fourth-order valence-corrected chi connectivity index (χ4v) is 3.73. The van der Waals surface area contributed by atoms with Crippen LogP contribution >= 0.6 is 23.2 Å². The number of benzene rings is 1. The standard InChI is InChI=1S/C17H17Cl2N3O2/c18-15-2-1-3-16(19)14(15)10-24-13-4-20-17(21-5-13)22-6-11-8-23-9-12(11)7-22/h1-5,11-12H,6-10H2/t11-,12+. The third kappa shape index (κ3) is 3.16. The first-order valence-corrected chi connectivity index (χ1v) is 8.66. The molecule has 0 spiro atoms. The summed E-state index contributed by atoms with van der Waals surface area (Å²) < 4.78 is 11.2. The monoisotopic (exact) mass is 365 g/mol. The van der Waals surface area contributed by atoms with Crippen LogP contribution in [0.5, 0.6) is 5.75 Å². The number of aromatic nitrogens is 2. The molecule has 2 aliphatic rings. The Kier molecular flexibility index (Phi) is 4.48. The second kappa shape index (κ2) is 6.75. The summed E-state index contributed by atoms with van der Waals surface area (Å²) in [4.78, 5) is 11.1. The van der Waals surface area contributed by atoms with Gasteiger partial charge in [0.05, 0.1) is 25.6 Å². The Balaban J connectivity index is 1.39. The van der Waals surface area contributed by atoms with Crippen LogP contribution in [0, 0.1) is 11.8 Å². The van der Waals surface area contributed by atoms with Gasteiger partial charge in [-0.25, -0.2) is 9.97 Å². The largest absolute Gasteiger partial charge is 0.486 e. The van der Waals surface area contributed by atoms with Crippen LogP contribution in [0.1, 0.15) is 5.56 Å². The molecule has 0 saturated carbocycles. The van der Waals surface area contributed by atoms with Gasteiger partial charge in [-0.1, -0.05) is 29.3 Å². The number of halogens is 2. The molecule has 0 radical (unpaired) electrons. The molecule has 2 atom stereocenters. The van der Waals surface area contributed by atoms with E-state index in [1.54, 1.807) is 24.5 Å². The second-order valence-corrected chi connectivity index (χ2v) is 6.98. The van der Waals surface area contributed by atoms with E-state index in [1.165, 1.54) is 0 Å². The van der Waals surface area contributed by atoms with Gasteiger partial charge in [-0.05, 0) is 12.1 Å². The fraction of sp³-hybridized carbons (Fsp3) is 0.412. The van der Waals surface area contributed by atoms with Gasteiger partial charge in [0.15, 0.2) is 5.75 Å². The van der Waals surface area contributed by atoms with Crippen LogP contribution in [-0.2, 0) is 11.3 Å². The maximum Gasteiger partial charge on any atom is 0.225 e. The molecule has 0 amide bonds. The van der Waals surface area contributed by atoms with Crippen molar-refractivity contribution in [3.8, 4) is 5.75 Å². The number of rotatable bonds is 4. The molecule has 3 heterocycles. The van der Waals surface area contributed by atoms with E-state index in [2.05, 4.69) is 14.9 Å². The fourth-order valence-electron chi connectivity index (χ4n) is 3.22. The van der Waals surface area contributed by atoms with Crippen molar-refractivity contribution in [1.29, 1.82) is 0 Å². The van der Waals surface area contributed by atoms with Crippen molar-refractivity contribution in [2.24, 2.45) is 11.8 Å². The topological polar surface area (TPSA) is 47.5 Å². The van der Waals surface area contributed by atoms with Gasteiger partial charge in [-0.3, -0.25) is 0 Å². The van der Waals surface area contributed by atoms with Gasteiger partial charge in [0.25, 0.3) is 0 Å². The van der Waals surface area contributed by atoms with Gasteiger partial charge in [0, 0.05) is 40.5 Å². The van der Waals surface area contributed by atoms with Crippen LogP contribution in [0.2, 0.25) is 10.0 Å². The molecule has 7 heteroatoms. The van der Waals surface area contributed by atoms with E-state index in [0.717, 1.165) is 37.8 Å². The van der Waals surface area contributed by atoms with Crippen LogP contribution in [0.25, 0.3) is 0 Å². The predicted octanol–water partition coefficient (Wildman–Crippen LogP) is 3.45. The van der Waals surface area contributed by atoms with Crippen molar-refractivity contribution in [2.75, 3.05) is 31.2 Å². The zero-order valence-corrected chi connectivity index (χ0v) is 14.5. The smallest absolute Gasteiger partial charge is 0.225 e.